The second-order valence-electron chi connectivity index (χ2n) is 4.55. The van der Waals surface area contributed by atoms with Crippen molar-refractivity contribution in [2.45, 2.75) is 6.61 Å². The van der Waals surface area contributed by atoms with E-state index in [0.717, 1.165) is 0 Å². The van der Waals surface area contributed by atoms with Crippen molar-refractivity contribution in [3.63, 3.8) is 0 Å². The molecular formula is C15H11FN2O4. The highest BCUT2D eigenvalue weighted by Crippen LogP contribution is 2.24. The maximum atomic E-state index is 13.6. The van der Waals surface area contributed by atoms with E-state index in [1.807, 2.05) is 0 Å². The van der Waals surface area contributed by atoms with Crippen molar-refractivity contribution < 1.29 is 23.6 Å². The summed E-state index contributed by atoms with van der Waals surface area (Å²) >= 11 is 0. The lowest BCUT2D eigenvalue weighted by Crippen LogP contribution is -2.29. The van der Waals surface area contributed by atoms with Crippen LogP contribution in [0.25, 0.3) is 0 Å². The van der Waals surface area contributed by atoms with Crippen LogP contribution in [-0.4, -0.2) is 29.0 Å². The summed E-state index contributed by atoms with van der Waals surface area (Å²) in [5, 5.41) is 0.629. The zero-order valence-electron chi connectivity index (χ0n) is 11.6. The monoisotopic (exact) mass is 302 g/mol. The maximum Gasteiger partial charge on any atom is 0.285 e. The first-order valence-electron chi connectivity index (χ1n) is 6.41. The molecule has 0 fully saturated rings. The van der Waals surface area contributed by atoms with Crippen LogP contribution in [-0.2, 0) is 11.4 Å². The van der Waals surface area contributed by atoms with Crippen molar-refractivity contribution in [3.05, 3.63) is 59.2 Å². The molecule has 0 atom stereocenters. The fraction of sp³-hybridized carbons (Fsp3) is 0.133. The summed E-state index contributed by atoms with van der Waals surface area (Å²) in [5.41, 5.74) is 0.601. The molecule has 1 aromatic heterocycles. The van der Waals surface area contributed by atoms with Crippen LogP contribution in [0.5, 0.6) is 5.75 Å². The third-order valence-electron chi connectivity index (χ3n) is 3.23. The zero-order chi connectivity index (χ0) is 15.7. The quantitative estimate of drug-likeness (QED) is 0.638. The average molecular weight is 302 g/mol. The zero-order valence-corrected chi connectivity index (χ0v) is 11.6. The summed E-state index contributed by atoms with van der Waals surface area (Å²) < 4.78 is 18.5. The minimum absolute atomic E-state index is 0.0795. The van der Waals surface area contributed by atoms with Crippen LogP contribution < -0.4 is 4.74 Å². The van der Waals surface area contributed by atoms with Gasteiger partial charge in [0, 0.05) is 5.56 Å². The van der Waals surface area contributed by atoms with Crippen LogP contribution in [0.15, 0.2) is 36.5 Å². The smallest absolute Gasteiger partial charge is 0.285 e. The number of hydrogen-bond acceptors (Lipinski definition) is 5. The Morgan fingerprint density at radius 3 is 2.41 bits per heavy atom. The van der Waals surface area contributed by atoms with Gasteiger partial charge < -0.3 is 4.74 Å². The normalized spacial score (nSPS) is 13.5. The molecule has 2 amide bonds. The summed E-state index contributed by atoms with van der Waals surface area (Å²) in [6, 6.07) is 7.76. The summed E-state index contributed by atoms with van der Waals surface area (Å²) in [4.78, 5) is 32.9. The predicted molar refractivity (Wildman–Crippen MR) is 72.5 cm³/mol. The number of ether oxygens (including phenoxy) is 1. The van der Waals surface area contributed by atoms with E-state index in [2.05, 4.69) is 4.98 Å². The minimum Gasteiger partial charge on any atom is -0.495 e. The standard InChI is InChI=1S/C15H11FN2O4/c1-21-10-6-9(13(16)17-7-10)8-22-18-14(19)11-4-2-3-5-12(11)15(18)20/h2-7H,8H2,1H3. The number of hydrogen-bond donors (Lipinski definition) is 0. The van der Waals surface area contributed by atoms with E-state index in [9.17, 15) is 14.0 Å². The molecule has 0 saturated heterocycles. The first-order valence-corrected chi connectivity index (χ1v) is 6.41. The predicted octanol–water partition coefficient (Wildman–Crippen LogP) is 1.96. The number of benzene rings is 1. The summed E-state index contributed by atoms with van der Waals surface area (Å²) in [7, 11) is 1.42. The minimum atomic E-state index is -0.752. The fourth-order valence-electron chi connectivity index (χ4n) is 2.10. The number of pyridine rings is 1. The molecule has 6 nitrogen and oxygen atoms in total. The van der Waals surface area contributed by atoms with Crippen molar-refractivity contribution in [2.24, 2.45) is 0 Å². The van der Waals surface area contributed by atoms with Crippen LogP contribution >= 0.6 is 0 Å². The highest BCUT2D eigenvalue weighted by molar-refractivity contribution is 6.20. The Morgan fingerprint density at radius 1 is 1.18 bits per heavy atom. The van der Waals surface area contributed by atoms with Gasteiger partial charge in [0.05, 0.1) is 24.4 Å². The van der Waals surface area contributed by atoms with Crippen molar-refractivity contribution in [1.82, 2.24) is 10.0 Å². The highest BCUT2D eigenvalue weighted by Gasteiger charge is 2.36. The third-order valence-corrected chi connectivity index (χ3v) is 3.23. The van der Waals surface area contributed by atoms with Crippen LogP contribution in [0.1, 0.15) is 26.3 Å². The molecule has 0 N–H and O–H groups in total. The fourth-order valence-corrected chi connectivity index (χ4v) is 2.10. The van der Waals surface area contributed by atoms with Gasteiger partial charge in [0.1, 0.15) is 12.4 Å². The van der Waals surface area contributed by atoms with Gasteiger partial charge in [-0.3, -0.25) is 14.4 Å². The molecule has 0 unspecified atom stereocenters. The summed E-state index contributed by atoms with van der Waals surface area (Å²) in [6.45, 7) is -0.318. The van der Waals surface area contributed by atoms with E-state index in [4.69, 9.17) is 9.57 Å². The van der Waals surface area contributed by atoms with Crippen LogP contribution in [0.3, 0.4) is 0 Å². The van der Waals surface area contributed by atoms with Gasteiger partial charge in [0.25, 0.3) is 11.8 Å². The van der Waals surface area contributed by atoms with Gasteiger partial charge in [-0.2, -0.15) is 4.39 Å². The van der Waals surface area contributed by atoms with E-state index in [1.165, 1.54) is 31.5 Å². The van der Waals surface area contributed by atoms with E-state index in [0.29, 0.717) is 10.8 Å². The Balaban J connectivity index is 1.78. The number of halogens is 1. The van der Waals surface area contributed by atoms with Crippen LogP contribution in [0.2, 0.25) is 0 Å². The van der Waals surface area contributed by atoms with E-state index in [1.54, 1.807) is 12.1 Å². The van der Waals surface area contributed by atoms with E-state index in [-0.39, 0.29) is 23.3 Å². The number of imide groups is 1. The second kappa shape index (κ2) is 5.53. The number of methoxy groups -OCH3 is 1. The molecule has 0 bridgehead atoms. The number of hydroxylamine groups is 2. The molecule has 0 aliphatic carbocycles. The van der Waals surface area contributed by atoms with Crippen molar-refractivity contribution in [1.29, 1.82) is 0 Å². The molecule has 2 aromatic rings. The second-order valence-corrected chi connectivity index (χ2v) is 4.55. The van der Waals surface area contributed by atoms with Crippen LogP contribution in [0.4, 0.5) is 4.39 Å². The Labute approximate surface area is 125 Å². The lowest BCUT2D eigenvalue weighted by Gasteiger charge is -2.13. The molecule has 0 radical (unpaired) electrons. The van der Waals surface area contributed by atoms with Gasteiger partial charge in [-0.15, -0.1) is 5.06 Å². The number of rotatable bonds is 4. The highest BCUT2D eigenvalue weighted by atomic mass is 19.1. The van der Waals surface area contributed by atoms with E-state index >= 15 is 0 Å². The molecule has 2 heterocycles. The Kier molecular flexibility index (Phi) is 3.56. The SMILES string of the molecule is COc1cnc(F)c(CON2C(=O)c3ccccc3C2=O)c1. The van der Waals surface area contributed by atoms with Gasteiger partial charge in [-0.25, -0.2) is 4.98 Å². The molecule has 112 valence electrons. The number of carbonyl (C=O) groups excluding carboxylic acids is 2. The first-order chi connectivity index (χ1) is 10.6. The molecular weight excluding hydrogens is 291 g/mol. The number of fused-ring (bicyclic) bond motifs is 1. The largest absolute Gasteiger partial charge is 0.495 e. The van der Waals surface area contributed by atoms with Gasteiger partial charge >= 0.3 is 0 Å². The number of aromatic nitrogens is 1. The Bertz CT molecular complexity index is 728. The molecule has 7 heteroatoms. The summed E-state index contributed by atoms with van der Waals surface area (Å²) in [6.07, 6.45) is 1.22. The van der Waals surface area contributed by atoms with Gasteiger partial charge in [0.15, 0.2) is 0 Å². The first kappa shape index (κ1) is 14.2. The molecule has 0 saturated carbocycles. The molecule has 0 spiro atoms. The molecule has 1 aliphatic rings. The van der Waals surface area contributed by atoms with E-state index < -0.39 is 17.8 Å². The Hall–Kier alpha value is -2.80. The average Bonchev–Trinajstić information content (AvgIpc) is 2.79. The molecule has 3 rings (SSSR count). The molecule has 22 heavy (non-hydrogen) atoms. The van der Waals surface area contributed by atoms with Crippen molar-refractivity contribution in [3.8, 4) is 5.75 Å². The maximum absolute atomic E-state index is 13.6. The topological polar surface area (TPSA) is 68.7 Å². The van der Waals surface area contributed by atoms with Crippen molar-refractivity contribution in [2.75, 3.05) is 7.11 Å². The van der Waals surface area contributed by atoms with Crippen LogP contribution in [0, 0.1) is 5.95 Å². The van der Waals surface area contributed by atoms with Gasteiger partial charge in [-0.1, -0.05) is 12.1 Å². The summed E-state index contributed by atoms with van der Waals surface area (Å²) in [5.74, 6) is -1.55. The third kappa shape index (κ3) is 2.31. The Morgan fingerprint density at radius 2 is 1.82 bits per heavy atom. The van der Waals surface area contributed by atoms with Gasteiger partial charge in [-0.05, 0) is 18.2 Å². The number of nitrogens with zero attached hydrogens (tertiary/aromatic N) is 2. The number of amides is 2. The van der Waals surface area contributed by atoms with Gasteiger partial charge in [0.2, 0.25) is 5.95 Å². The number of carbonyl (C=O) groups is 2. The molecule has 1 aromatic carbocycles. The van der Waals surface area contributed by atoms with Crippen molar-refractivity contribution >= 4 is 11.8 Å². The molecule has 1 aliphatic heterocycles. The lowest BCUT2D eigenvalue weighted by molar-refractivity contribution is -0.101. The lowest BCUT2D eigenvalue weighted by atomic mass is 10.1.